The summed E-state index contributed by atoms with van der Waals surface area (Å²) in [5.41, 5.74) is -1.74. The zero-order valence-corrected chi connectivity index (χ0v) is 8.67. The molecule has 0 spiro atoms. The number of carbonyl (C=O) groups excluding carboxylic acids is 1. The van der Waals surface area contributed by atoms with Gasteiger partial charge < -0.3 is 15.2 Å². The summed E-state index contributed by atoms with van der Waals surface area (Å²) in [4.78, 5) is 11.2. The second kappa shape index (κ2) is 3.02. The summed E-state index contributed by atoms with van der Waals surface area (Å²) in [6, 6.07) is 4.31. The molecule has 0 aliphatic carbocycles. The minimum absolute atomic E-state index is 0.0340. The third-order valence-corrected chi connectivity index (χ3v) is 3.09. The molecule has 1 aromatic rings. The number of anilines is 1. The Labute approximate surface area is 95.2 Å². The quantitative estimate of drug-likeness (QED) is 0.769. The van der Waals surface area contributed by atoms with E-state index in [9.17, 15) is 18.7 Å². The second-order valence-electron chi connectivity index (χ2n) is 4.28. The van der Waals surface area contributed by atoms with Gasteiger partial charge in [0.1, 0.15) is 5.60 Å². The van der Waals surface area contributed by atoms with Gasteiger partial charge in [0.2, 0.25) is 0 Å². The fourth-order valence-corrected chi connectivity index (χ4v) is 2.15. The third kappa shape index (κ3) is 1.25. The first-order valence-electron chi connectivity index (χ1n) is 5.08. The van der Waals surface area contributed by atoms with Gasteiger partial charge in [0.05, 0.1) is 24.5 Å². The van der Waals surface area contributed by atoms with Gasteiger partial charge in [0, 0.05) is 0 Å². The van der Waals surface area contributed by atoms with Crippen LogP contribution in [-0.2, 0) is 21.1 Å². The molecule has 0 atom stereocenters. The number of alkyl halides is 2. The smallest absolute Gasteiger partial charge is 0.352 e. The minimum Gasteiger partial charge on any atom is -0.380 e. The Morgan fingerprint density at radius 2 is 2.06 bits per heavy atom. The molecule has 90 valence electrons. The summed E-state index contributed by atoms with van der Waals surface area (Å²) >= 11 is 0. The molecule has 17 heavy (non-hydrogen) atoms. The highest BCUT2D eigenvalue weighted by molar-refractivity contribution is 6.04. The van der Waals surface area contributed by atoms with E-state index in [1.54, 1.807) is 0 Å². The van der Waals surface area contributed by atoms with Crippen LogP contribution in [0.2, 0.25) is 0 Å². The molecule has 3 rings (SSSR count). The second-order valence-corrected chi connectivity index (χ2v) is 4.28. The number of nitrogens with one attached hydrogen (secondary N) is 1. The van der Waals surface area contributed by atoms with Crippen LogP contribution in [0.1, 0.15) is 11.1 Å². The SMILES string of the molecule is O=C1Nc2cccc(C3(O)COC3)c2C1(F)F. The Balaban J connectivity index is 2.21. The van der Waals surface area contributed by atoms with Crippen molar-refractivity contribution in [2.24, 2.45) is 0 Å². The molecular formula is C11H9F2NO3. The van der Waals surface area contributed by atoms with Crippen LogP contribution in [0.15, 0.2) is 18.2 Å². The average Bonchev–Trinajstić information content (AvgIpc) is 2.47. The van der Waals surface area contributed by atoms with Crippen molar-refractivity contribution in [1.82, 2.24) is 0 Å². The highest BCUT2D eigenvalue weighted by atomic mass is 19.3. The molecular weight excluding hydrogens is 232 g/mol. The molecule has 0 aromatic heterocycles. The molecule has 0 unspecified atom stereocenters. The average molecular weight is 241 g/mol. The number of amides is 1. The number of rotatable bonds is 1. The van der Waals surface area contributed by atoms with Gasteiger partial charge in [-0.25, -0.2) is 0 Å². The molecule has 1 saturated heterocycles. The third-order valence-electron chi connectivity index (χ3n) is 3.09. The predicted octanol–water partition coefficient (Wildman–Crippen LogP) is 0.948. The van der Waals surface area contributed by atoms with Crippen LogP contribution >= 0.6 is 0 Å². The molecule has 0 bridgehead atoms. The minimum atomic E-state index is -3.60. The fraction of sp³-hybridized carbons (Fsp3) is 0.364. The lowest BCUT2D eigenvalue weighted by atomic mass is 9.86. The number of hydrogen-bond donors (Lipinski definition) is 2. The number of carbonyl (C=O) groups is 1. The van der Waals surface area contributed by atoms with E-state index in [4.69, 9.17) is 4.74 Å². The van der Waals surface area contributed by atoms with Crippen molar-refractivity contribution in [3.05, 3.63) is 29.3 Å². The molecule has 0 radical (unpaired) electrons. The van der Waals surface area contributed by atoms with Crippen LogP contribution in [0.5, 0.6) is 0 Å². The van der Waals surface area contributed by atoms with Crippen molar-refractivity contribution in [3.8, 4) is 0 Å². The van der Waals surface area contributed by atoms with Crippen molar-refractivity contribution < 1.29 is 23.4 Å². The zero-order chi connectivity index (χ0) is 12.3. The van der Waals surface area contributed by atoms with Gasteiger partial charge >= 0.3 is 5.92 Å². The Kier molecular flexibility index (Phi) is 1.89. The number of hydrogen-bond acceptors (Lipinski definition) is 3. The Morgan fingerprint density at radius 1 is 1.35 bits per heavy atom. The van der Waals surface area contributed by atoms with Gasteiger partial charge in [-0.3, -0.25) is 4.79 Å². The van der Waals surface area contributed by atoms with Crippen molar-refractivity contribution in [2.45, 2.75) is 11.5 Å². The van der Waals surface area contributed by atoms with Gasteiger partial charge in [0.25, 0.3) is 5.91 Å². The normalized spacial score (nSPS) is 23.8. The van der Waals surface area contributed by atoms with Crippen molar-refractivity contribution in [1.29, 1.82) is 0 Å². The molecule has 2 heterocycles. The van der Waals surface area contributed by atoms with E-state index in [-0.39, 0.29) is 24.5 Å². The summed E-state index contributed by atoms with van der Waals surface area (Å²) in [5, 5.41) is 12.2. The Bertz CT molecular complexity index is 511. The first-order chi connectivity index (χ1) is 7.95. The molecule has 0 saturated carbocycles. The number of ether oxygens (including phenoxy) is 1. The van der Waals surface area contributed by atoms with E-state index < -0.39 is 23.0 Å². The topological polar surface area (TPSA) is 58.6 Å². The molecule has 2 aliphatic rings. The largest absolute Gasteiger partial charge is 0.380 e. The monoisotopic (exact) mass is 241 g/mol. The maximum absolute atomic E-state index is 13.7. The molecule has 2 N–H and O–H groups in total. The molecule has 1 aromatic carbocycles. The van der Waals surface area contributed by atoms with Gasteiger partial charge in [-0.15, -0.1) is 0 Å². The summed E-state index contributed by atoms with van der Waals surface area (Å²) in [5.74, 6) is -4.96. The van der Waals surface area contributed by atoms with Crippen LogP contribution < -0.4 is 5.32 Å². The molecule has 1 amide bonds. The van der Waals surface area contributed by atoms with Crippen LogP contribution in [0.25, 0.3) is 0 Å². The van der Waals surface area contributed by atoms with E-state index in [0.29, 0.717) is 0 Å². The van der Waals surface area contributed by atoms with Crippen LogP contribution in [0.4, 0.5) is 14.5 Å². The van der Waals surface area contributed by atoms with E-state index in [1.165, 1.54) is 18.2 Å². The van der Waals surface area contributed by atoms with Gasteiger partial charge in [-0.05, 0) is 11.6 Å². The van der Waals surface area contributed by atoms with E-state index in [1.807, 2.05) is 0 Å². The van der Waals surface area contributed by atoms with Crippen molar-refractivity contribution in [2.75, 3.05) is 18.5 Å². The van der Waals surface area contributed by atoms with Crippen molar-refractivity contribution in [3.63, 3.8) is 0 Å². The molecule has 2 aliphatic heterocycles. The maximum Gasteiger partial charge on any atom is 0.352 e. The summed E-state index contributed by atoms with van der Waals surface area (Å²) in [6.45, 7) is -0.0680. The number of aliphatic hydroxyl groups is 1. The Morgan fingerprint density at radius 3 is 2.65 bits per heavy atom. The van der Waals surface area contributed by atoms with E-state index in [2.05, 4.69) is 5.32 Å². The number of halogens is 2. The maximum atomic E-state index is 13.7. The van der Waals surface area contributed by atoms with Crippen LogP contribution in [-0.4, -0.2) is 24.2 Å². The van der Waals surface area contributed by atoms with Crippen LogP contribution in [0, 0.1) is 0 Å². The highest BCUT2D eigenvalue weighted by Gasteiger charge is 2.53. The lowest BCUT2D eigenvalue weighted by Gasteiger charge is -2.38. The fourth-order valence-electron chi connectivity index (χ4n) is 2.15. The first-order valence-corrected chi connectivity index (χ1v) is 5.08. The molecule has 1 fully saturated rings. The van der Waals surface area contributed by atoms with E-state index >= 15 is 0 Å². The zero-order valence-electron chi connectivity index (χ0n) is 8.67. The molecule has 4 nitrogen and oxygen atoms in total. The lowest BCUT2D eigenvalue weighted by molar-refractivity contribution is -0.186. The first kappa shape index (κ1) is 10.6. The van der Waals surface area contributed by atoms with Gasteiger partial charge in [-0.1, -0.05) is 12.1 Å². The number of benzene rings is 1. The summed E-state index contributed by atoms with van der Waals surface area (Å²) < 4.78 is 32.3. The predicted molar refractivity (Wildman–Crippen MR) is 53.7 cm³/mol. The summed E-state index contributed by atoms with van der Waals surface area (Å²) in [6.07, 6.45) is 0. The summed E-state index contributed by atoms with van der Waals surface area (Å²) in [7, 11) is 0. The number of fused-ring (bicyclic) bond motifs is 1. The van der Waals surface area contributed by atoms with Gasteiger partial charge in [-0.2, -0.15) is 8.78 Å². The van der Waals surface area contributed by atoms with Crippen LogP contribution in [0.3, 0.4) is 0 Å². The lowest BCUT2D eigenvalue weighted by Crippen LogP contribution is -2.47. The van der Waals surface area contributed by atoms with E-state index in [0.717, 1.165) is 0 Å². The molecule has 6 heteroatoms. The Hall–Kier alpha value is -1.53. The standard InChI is InChI=1S/C11H9F2NO3/c12-11(13)8-6(10(16)4-17-5-10)2-1-3-7(8)14-9(11)15/h1-3,16H,4-5H2,(H,14,15). The van der Waals surface area contributed by atoms with Crippen molar-refractivity contribution >= 4 is 11.6 Å². The highest BCUT2D eigenvalue weighted by Crippen LogP contribution is 2.46. The van der Waals surface area contributed by atoms with Gasteiger partial charge in [0.15, 0.2) is 0 Å².